The summed E-state index contributed by atoms with van der Waals surface area (Å²) in [5.74, 6) is 0. The average Bonchev–Trinajstić information content (AvgIpc) is 2.54. The van der Waals surface area contributed by atoms with Gasteiger partial charge in [0.25, 0.3) is 0 Å². The van der Waals surface area contributed by atoms with Gasteiger partial charge in [-0.3, -0.25) is 4.98 Å². The van der Waals surface area contributed by atoms with Crippen LogP contribution < -0.4 is 10.4 Å². The van der Waals surface area contributed by atoms with Crippen molar-refractivity contribution in [3.8, 4) is 11.3 Å². The van der Waals surface area contributed by atoms with Crippen LogP contribution >= 0.6 is 0 Å². The monoisotopic (exact) mass is 273 g/mol. The zero-order chi connectivity index (χ0) is 15.2. The molecule has 0 amide bonds. The molecule has 0 unspecified atom stereocenters. The lowest BCUT2D eigenvalue weighted by atomic mass is 10.00. The number of rotatable bonds is 4. The Labute approximate surface area is 126 Å². The summed E-state index contributed by atoms with van der Waals surface area (Å²) in [6.45, 7) is 13.5. The van der Waals surface area contributed by atoms with Crippen molar-refractivity contribution < 1.29 is 0 Å². The largest absolute Gasteiger partial charge is 0.256 e. The summed E-state index contributed by atoms with van der Waals surface area (Å²) in [7, 11) is 0. The Hall–Kier alpha value is -2.67. The van der Waals surface area contributed by atoms with Crippen LogP contribution in [0.2, 0.25) is 0 Å². The lowest BCUT2D eigenvalue weighted by Gasteiger charge is -2.07. The third-order valence-corrected chi connectivity index (χ3v) is 3.42. The van der Waals surface area contributed by atoms with E-state index in [1.807, 2.05) is 43.5 Å². The Morgan fingerprint density at radius 2 is 1.76 bits per heavy atom. The molecule has 21 heavy (non-hydrogen) atoms. The van der Waals surface area contributed by atoms with Crippen LogP contribution in [0.1, 0.15) is 18.1 Å². The molecule has 1 heterocycles. The summed E-state index contributed by atoms with van der Waals surface area (Å²) in [6, 6.07) is 8.20. The van der Waals surface area contributed by atoms with E-state index in [4.69, 9.17) is 0 Å². The fraction of sp³-hybridized carbons (Fsp3) is 0.0500. The molecule has 0 aliphatic rings. The Balaban J connectivity index is 2.79. The Morgan fingerprint density at radius 3 is 2.38 bits per heavy atom. The van der Waals surface area contributed by atoms with Gasteiger partial charge in [0.05, 0.1) is 5.69 Å². The quantitative estimate of drug-likeness (QED) is 0.825. The average molecular weight is 273 g/mol. The molecule has 0 radical (unpaired) electrons. The molecule has 0 atom stereocenters. The van der Waals surface area contributed by atoms with E-state index in [2.05, 4.69) is 42.9 Å². The summed E-state index contributed by atoms with van der Waals surface area (Å²) in [5, 5.41) is 2.23. The fourth-order valence-corrected chi connectivity index (χ4v) is 2.35. The summed E-state index contributed by atoms with van der Waals surface area (Å²) in [4.78, 5) is 4.55. The SMILES string of the molecule is C=C/C=c1/c(-c2ccc(C=C)c(C=C)c2)ncc/c1=C/C. The highest BCUT2D eigenvalue weighted by molar-refractivity contribution is 5.72. The summed E-state index contributed by atoms with van der Waals surface area (Å²) in [6.07, 6.45) is 11.4. The van der Waals surface area contributed by atoms with Gasteiger partial charge in [-0.2, -0.15) is 0 Å². The Bertz CT molecular complexity index is 810. The molecule has 1 aromatic carbocycles. The van der Waals surface area contributed by atoms with E-state index < -0.39 is 0 Å². The lowest BCUT2D eigenvalue weighted by molar-refractivity contribution is 1.27. The highest BCUT2D eigenvalue weighted by atomic mass is 14.7. The van der Waals surface area contributed by atoms with Crippen LogP contribution in [0.15, 0.2) is 56.3 Å². The highest BCUT2D eigenvalue weighted by Crippen LogP contribution is 2.20. The maximum Gasteiger partial charge on any atom is 0.0780 e. The zero-order valence-corrected chi connectivity index (χ0v) is 12.3. The molecule has 2 rings (SSSR count). The Morgan fingerprint density at radius 1 is 1.00 bits per heavy atom. The van der Waals surface area contributed by atoms with Crippen LogP contribution in [0.25, 0.3) is 35.6 Å². The first-order chi connectivity index (χ1) is 10.2. The normalized spacial score (nSPS) is 12.2. The molecule has 0 bridgehead atoms. The molecule has 0 saturated heterocycles. The standard InChI is InChI=1S/C20H19N/c1-5-9-19-16(7-3)12-13-21-20(19)18-11-10-15(6-2)17(8-4)14-18/h5-14H,1-2,4H2,3H3/b16-7-,19-9+. The van der Waals surface area contributed by atoms with Crippen molar-refractivity contribution in [2.75, 3.05) is 0 Å². The van der Waals surface area contributed by atoms with Crippen molar-refractivity contribution in [1.82, 2.24) is 4.98 Å². The number of allylic oxidation sites excluding steroid dienone is 1. The van der Waals surface area contributed by atoms with Crippen LogP contribution in [0.5, 0.6) is 0 Å². The maximum absolute atomic E-state index is 4.55. The van der Waals surface area contributed by atoms with Crippen molar-refractivity contribution in [3.63, 3.8) is 0 Å². The first kappa shape index (κ1) is 14.7. The first-order valence-electron chi connectivity index (χ1n) is 6.88. The molecule has 1 nitrogen and oxygen atoms in total. The van der Waals surface area contributed by atoms with Crippen molar-refractivity contribution in [3.05, 3.63) is 77.8 Å². The van der Waals surface area contributed by atoms with Crippen molar-refractivity contribution >= 4 is 24.3 Å². The molecular formula is C20H19N. The molecule has 0 saturated carbocycles. The van der Waals surface area contributed by atoms with E-state index in [1.165, 1.54) is 0 Å². The van der Waals surface area contributed by atoms with Crippen LogP contribution in [0.3, 0.4) is 0 Å². The van der Waals surface area contributed by atoms with Crippen molar-refractivity contribution in [1.29, 1.82) is 0 Å². The predicted octanol–water partition coefficient (Wildman–Crippen LogP) is 3.80. The second-order valence-corrected chi connectivity index (χ2v) is 4.61. The molecular weight excluding hydrogens is 254 g/mol. The van der Waals surface area contributed by atoms with Crippen molar-refractivity contribution in [2.45, 2.75) is 6.92 Å². The van der Waals surface area contributed by atoms with Gasteiger partial charge in [0.15, 0.2) is 0 Å². The second-order valence-electron chi connectivity index (χ2n) is 4.61. The van der Waals surface area contributed by atoms with Gasteiger partial charge in [-0.05, 0) is 35.4 Å². The summed E-state index contributed by atoms with van der Waals surface area (Å²) in [5.41, 5.74) is 4.14. The topological polar surface area (TPSA) is 12.9 Å². The third kappa shape index (κ3) is 2.92. The molecule has 0 aliphatic heterocycles. The van der Waals surface area contributed by atoms with Gasteiger partial charge in [-0.25, -0.2) is 0 Å². The van der Waals surface area contributed by atoms with Crippen LogP contribution in [-0.4, -0.2) is 4.98 Å². The molecule has 0 N–H and O–H groups in total. The molecule has 104 valence electrons. The number of hydrogen-bond donors (Lipinski definition) is 0. The van der Waals surface area contributed by atoms with Gasteiger partial charge >= 0.3 is 0 Å². The molecule has 0 fully saturated rings. The van der Waals surface area contributed by atoms with Crippen LogP contribution in [-0.2, 0) is 0 Å². The summed E-state index contributed by atoms with van der Waals surface area (Å²) < 4.78 is 0. The van der Waals surface area contributed by atoms with E-state index in [0.29, 0.717) is 0 Å². The van der Waals surface area contributed by atoms with Crippen molar-refractivity contribution in [2.24, 2.45) is 0 Å². The van der Waals surface area contributed by atoms with Gasteiger partial charge in [0.1, 0.15) is 0 Å². The van der Waals surface area contributed by atoms with Crippen LogP contribution in [0.4, 0.5) is 0 Å². The van der Waals surface area contributed by atoms with Gasteiger partial charge in [0, 0.05) is 17.0 Å². The van der Waals surface area contributed by atoms with E-state index in [9.17, 15) is 0 Å². The number of hydrogen-bond acceptors (Lipinski definition) is 1. The fourth-order valence-electron chi connectivity index (χ4n) is 2.35. The number of benzene rings is 1. The minimum absolute atomic E-state index is 0.948. The number of aromatic nitrogens is 1. The van der Waals surface area contributed by atoms with E-state index in [-0.39, 0.29) is 0 Å². The predicted molar refractivity (Wildman–Crippen MR) is 93.9 cm³/mol. The van der Waals surface area contributed by atoms with Gasteiger partial charge in [-0.15, -0.1) is 0 Å². The lowest BCUT2D eigenvalue weighted by Crippen LogP contribution is -2.27. The molecule has 0 aliphatic carbocycles. The Kier molecular flexibility index (Phi) is 4.68. The van der Waals surface area contributed by atoms with Gasteiger partial charge in [0.2, 0.25) is 0 Å². The smallest absolute Gasteiger partial charge is 0.0780 e. The minimum Gasteiger partial charge on any atom is -0.256 e. The first-order valence-corrected chi connectivity index (χ1v) is 6.88. The van der Waals surface area contributed by atoms with Gasteiger partial charge < -0.3 is 0 Å². The van der Waals surface area contributed by atoms with Crippen LogP contribution in [0, 0.1) is 0 Å². The van der Waals surface area contributed by atoms with E-state index in [0.717, 1.165) is 32.8 Å². The zero-order valence-electron chi connectivity index (χ0n) is 12.3. The molecule has 2 aromatic rings. The molecule has 1 heteroatoms. The number of pyridine rings is 1. The summed E-state index contributed by atoms with van der Waals surface area (Å²) >= 11 is 0. The second kappa shape index (κ2) is 6.67. The molecule has 0 spiro atoms. The van der Waals surface area contributed by atoms with Gasteiger partial charge in [-0.1, -0.05) is 62.2 Å². The highest BCUT2D eigenvalue weighted by Gasteiger charge is 2.04. The van der Waals surface area contributed by atoms with E-state index in [1.54, 1.807) is 6.08 Å². The minimum atomic E-state index is 0.948. The van der Waals surface area contributed by atoms with E-state index >= 15 is 0 Å². The third-order valence-electron chi connectivity index (χ3n) is 3.42. The molecule has 1 aromatic heterocycles. The maximum atomic E-state index is 4.55. The number of nitrogens with zero attached hydrogens (tertiary/aromatic N) is 1.